The zero-order valence-electron chi connectivity index (χ0n) is 9.74. The Morgan fingerprint density at radius 1 is 1.36 bits per heavy atom. The fraction of sp³-hybridized carbons (Fsp3) is 0.900. The molecule has 0 fully saturated rings. The van der Waals surface area contributed by atoms with Crippen LogP contribution in [0.5, 0.6) is 0 Å². The first-order valence-electron chi connectivity index (χ1n) is 4.98. The van der Waals surface area contributed by atoms with Crippen LogP contribution >= 0.6 is 0 Å². The van der Waals surface area contributed by atoms with Gasteiger partial charge >= 0.3 is 5.97 Å². The first-order valence-corrected chi connectivity index (χ1v) is 4.98. The van der Waals surface area contributed by atoms with Crippen LogP contribution in [0.3, 0.4) is 0 Å². The predicted molar refractivity (Wildman–Crippen MR) is 57.4 cm³/mol. The molecule has 4 heteroatoms. The van der Waals surface area contributed by atoms with Crippen LogP contribution in [0.25, 0.3) is 0 Å². The summed E-state index contributed by atoms with van der Waals surface area (Å²) in [5, 5.41) is 12.1. The maximum Gasteiger partial charge on any atom is 0.307 e. The summed E-state index contributed by atoms with van der Waals surface area (Å²) in [7, 11) is 4.01. The summed E-state index contributed by atoms with van der Waals surface area (Å²) >= 11 is 0. The number of carboxylic acids is 1. The predicted octanol–water partition coefficient (Wildman–Crippen LogP) is 0.635. The van der Waals surface area contributed by atoms with Gasteiger partial charge in [0.05, 0.1) is 5.92 Å². The lowest BCUT2D eigenvalue weighted by Gasteiger charge is -2.24. The van der Waals surface area contributed by atoms with Gasteiger partial charge in [0.2, 0.25) is 0 Å². The van der Waals surface area contributed by atoms with Crippen molar-refractivity contribution in [1.82, 2.24) is 10.2 Å². The highest BCUT2D eigenvalue weighted by molar-refractivity contribution is 5.70. The van der Waals surface area contributed by atoms with Crippen molar-refractivity contribution in [2.75, 3.05) is 20.6 Å². The summed E-state index contributed by atoms with van der Waals surface area (Å²) in [6.45, 7) is 6.61. The molecule has 0 aromatic carbocycles. The van der Waals surface area contributed by atoms with Gasteiger partial charge < -0.3 is 15.3 Å². The van der Waals surface area contributed by atoms with Crippen molar-refractivity contribution in [2.45, 2.75) is 32.9 Å². The third-order valence-corrected chi connectivity index (χ3v) is 2.33. The Balaban J connectivity index is 3.92. The highest BCUT2D eigenvalue weighted by Crippen LogP contribution is 2.03. The molecule has 0 saturated heterocycles. The van der Waals surface area contributed by atoms with Crippen LogP contribution in [-0.4, -0.2) is 48.7 Å². The van der Waals surface area contributed by atoms with Gasteiger partial charge in [0, 0.05) is 18.6 Å². The van der Waals surface area contributed by atoms with Crippen molar-refractivity contribution in [3.63, 3.8) is 0 Å². The van der Waals surface area contributed by atoms with E-state index in [2.05, 4.69) is 17.1 Å². The second-order valence-corrected chi connectivity index (χ2v) is 4.25. The molecule has 3 unspecified atom stereocenters. The molecule has 0 radical (unpaired) electrons. The van der Waals surface area contributed by atoms with Gasteiger partial charge in [-0.2, -0.15) is 0 Å². The van der Waals surface area contributed by atoms with Gasteiger partial charge in [-0.25, -0.2) is 0 Å². The number of rotatable bonds is 6. The summed E-state index contributed by atoms with van der Waals surface area (Å²) in [4.78, 5) is 12.8. The van der Waals surface area contributed by atoms with E-state index < -0.39 is 5.97 Å². The molecule has 0 aliphatic carbocycles. The number of hydrogen-bond donors (Lipinski definition) is 2. The average molecular weight is 202 g/mol. The number of nitrogens with zero attached hydrogens (tertiary/aromatic N) is 1. The number of likely N-dealkylation sites (N-methyl/N-ethyl adjacent to an activating group) is 1. The van der Waals surface area contributed by atoms with Crippen LogP contribution in [0.15, 0.2) is 0 Å². The Morgan fingerprint density at radius 2 is 1.86 bits per heavy atom. The van der Waals surface area contributed by atoms with E-state index in [1.807, 2.05) is 21.0 Å². The molecule has 3 atom stereocenters. The van der Waals surface area contributed by atoms with Crippen LogP contribution in [-0.2, 0) is 4.79 Å². The third kappa shape index (κ3) is 5.19. The zero-order valence-corrected chi connectivity index (χ0v) is 9.74. The maximum atomic E-state index is 10.7. The highest BCUT2D eigenvalue weighted by atomic mass is 16.4. The van der Waals surface area contributed by atoms with Crippen molar-refractivity contribution in [3.05, 3.63) is 0 Å². The normalized spacial score (nSPS) is 17.9. The Kier molecular flexibility index (Phi) is 5.72. The summed E-state index contributed by atoms with van der Waals surface area (Å²) in [6, 6.07) is 0.309. The Bertz CT molecular complexity index is 183. The molecule has 0 aliphatic rings. The van der Waals surface area contributed by atoms with E-state index in [9.17, 15) is 4.79 Å². The van der Waals surface area contributed by atoms with Gasteiger partial charge in [-0.15, -0.1) is 0 Å². The topological polar surface area (TPSA) is 52.6 Å². The van der Waals surface area contributed by atoms with Gasteiger partial charge in [-0.05, 0) is 27.9 Å². The minimum absolute atomic E-state index is 0.00227. The molecule has 0 spiro atoms. The lowest BCUT2D eigenvalue weighted by Crippen LogP contribution is -2.45. The molecule has 4 nitrogen and oxygen atoms in total. The fourth-order valence-electron chi connectivity index (χ4n) is 1.41. The Labute approximate surface area is 86.3 Å². The van der Waals surface area contributed by atoms with Crippen molar-refractivity contribution in [1.29, 1.82) is 0 Å². The van der Waals surface area contributed by atoms with Crippen molar-refractivity contribution >= 4 is 5.97 Å². The quantitative estimate of drug-likeness (QED) is 0.663. The second kappa shape index (κ2) is 5.98. The molecule has 14 heavy (non-hydrogen) atoms. The van der Waals surface area contributed by atoms with E-state index in [-0.39, 0.29) is 12.0 Å². The second-order valence-electron chi connectivity index (χ2n) is 4.25. The van der Waals surface area contributed by atoms with Crippen LogP contribution in [0.4, 0.5) is 0 Å². The van der Waals surface area contributed by atoms with Crippen molar-refractivity contribution < 1.29 is 9.90 Å². The number of aliphatic carboxylic acids is 1. The lowest BCUT2D eigenvalue weighted by atomic mass is 10.0. The number of hydrogen-bond acceptors (Lipinski definition) is 3. The monoisotopic (exact) mass is 202 g/mol. The molecule has 0 saturated carbocycles. The van der Waals surface area contributed by atoms with Gasteiger partial charge in [0.1, 0.15) is 0 Å². The molecule has 0 bridgehead atoms. The van der Waals surface area contributed by atoms with E-state index >= 15 is 0 Å². The number of carboxylic acid groups (broad SMARTS) is 1. The fourth-order valence-corrected chi connectivity index (χ4v) is 1.41. The van der Waals surface area contributed by atoms with E-state index in [1.54, 1.807) is 6.92 Å². The third-order valence-electron chi connectivity index (χ3n) is 2.33. The van der Waals surface area contributed by atoms with E-state index in [4.69, 9.17) is 5.11 Å². The smallest absolute Gasteiger partial charge is 0.307 e. The highest BCUT2D eigenvalue weighted by Gasteiger charge is 2.20. The molecule has 0 amide bonds. The average Bonchev–Trinajstić information content (AvgIpc) is 2.00. The standard InChI is InChI=1S/C10H22N2O2/c1-7(6-12(4)5)11-9(3)8(2)10(13)14/h7-9,11H,6H2,1-5H3,(H,13,14). The summed E-state index contributed by atoms with van der Waals surface area (Å²) in [5.74, 6) is -1.10. The minimum atomic E-state index is -0.748. The molecule has 2 N–H and O–H groups in total. The summed E-state index contributed by atoms with van der Waals surface area (Å²) in [6.07, 6.45) is 0. The molecule has 0 heterocycles. The number of nitrogens with one attached hydrogen (secondary N) is 1. The molecule has 0 aromatic rings. The van der Waals surface area contributed by atoms with Gasteiger partial charge in [-0.1, -0.05) is 6.92 Å². The van der Waals surface area contributed by atoms with Crippen LogP contribution in [0.1, 0.15) is 20.8 Å². The van der Waals surface area contributed by atoms with Crippen LogP contribution in [0, 0.1) is 5.92 Å². The Hall–Kier alpha value is -0.610. The molecule has 0 aliphatic heterocycles. The maximum absolute atomic E-state index is 10.7. The number of carbonyl (C=O) groups is 1. The summed E-state index contributed by atoms with van der Waals surface area (Å²) in [5.41, 5.74) is 0. The first kappa shape index (κ1) is 13.4. The van der Waals surface area contributed by atoms with E-state index in [1.165, 1.54) is 0 Å². The minimum Gasteiger partial charge on any atom is -0.481 e. The zero-order chi connectivity index (χ0) is 11.3. The lowest BCUT2D eigenvalue weighted by molar-refractivity contribution is -0.142. The first-order chi connectivity index (χ1) is 6.34. The van der Waals surface area contributed by atoms with Gasteiger partial charge in [0.15, 0.2) is 0 Å². The van der Waals surface area contributed by atoms with E-state index in [0.29, 0.717) is 6.04 Å². The van der Waals surface area contributed by atoms with Crippen molar-refractivity contribution in [2.24, 2.45) is 5.92 Å². The molecular weight excluding hydrogens is 180 g/mol. The molecule has 0 aromatic heterocycles. The van der Waals surface area contributed by atoms with Gasteiger partial charge in [0.25, 0.3) is 0 Å². The molecule has 84 valence electrons. The SMILES string of the molecule is CC(CN(C)C)NC(C)C(C)C(=O)O. The Morgan fingerprint density at radius 3 is 2.21 bits per heavy atom. The molecule has 0 rings (SSSR count). The van der Waals surface area contributed by atoms with Gasteiger partial charge in [-0.3, -0.25) is 4.79 Å². The van der Waals surface area contributed by atoms with Crippen LogP contribution < -0.4 is 5.32 Å². The van der Waals surface area contributed by atoms with Crippen molar-refractivity contribution in [3.8, 4) is 0 Å². The molecular formula is C10H22N2O2. The van der Waals surface area contributed by atoms with E-state index in [0.717, 1.165) is 6.54 Å². The largest absolute Gasteiger partial charge is 0.481 e. The van der Waals surface area contributed by atoms with Crippen LogP contribution in [0.2, 0.25) is 0 Å². The summed E-state index contributed by atoms with van der Waals surface area (Å²) < 4.78 is 0.